The lowest BCUT2D eigenvalue weighted by Gasteiger charge is -2.22. The molecule has 1 aromatic heterocycles. The average molecular weight is 405 g/mol. The number of ether oxygens (including phenoxy) is 1. The van der Waals surface area contributed by atoms with Crippen LogP contribution in [0.25, 0.3) is 0 Å². The Morgan fingerprint density at radius 1 is 1.33 bits per heavy atom. The van der Waals surface area contributed by atoms with Gasteiger partial charge in [0.05, 0.1) is 6.04 Å². The number of aromatic nitrogens is 2. The highest BCUT2D eigenvalue weighted by molar-refractivity contribution is 5.92. The van der Waals surface area contributed by atoms with Gasteiger partial charge in [0, 0.05) is 24.8 Å². The number of hydrogen-bond donors (Lipinski definition) is 2. The van der Waals surface area contributed by atoms with Gasteiger partial charge >= 0.3 is 6.36 Å². The molecule has 1 atom stereocenters. The molecule has 2 heterocycles. The molecular weight excluding hydrogens is 385 g/mol. The molecule has 3 rings (SSSR count). The van der Waals surface area contributed by atoms with Gasteiger partial charge in [-0.15, -0.1) is 25.6 Å². The smallest absolute Gasteiger partial charge is 0.405 e. The quantitative estimate of drug-likeness (QED) is 0.803. The van der Waals surface area contributed by atoms with Crippen molar-refractivity contribution in [2.75, 3.05) is 13.1 Å². The van der Waals surface area contributed by atoms with E-state index in [4.69, 9.17) is 0 Å². The summed E-state index contributed by atoms with van der Waals surface area (Å²) in [6.07, 6.45) is -1.01. The van der Waals surface area contributed by atoms with Crippen molar-refractivity contribution in [1.29, 1.82) is 0 Å². The maximum absolute atomic E-state index is 12.4. The molecule has 2 aromatic rings. The molecule has 1 aliphatic rings. The maximum Gasteiger partial charge on any atom is 0.573 e. The van der Waals surface area contributed by atoms with E-state index in [1.54, 1.807) is 23.0 Å². The first-order valence-electron chi connectivity index (χ1n) is 8.30. The molecule has 0 aliphatic carbocycles. The fourth-order valence-electron chi connectivity index (χ4n) is 2.86. The van der Waals surface area contributed by atoms with Crippen LogP contribution in [0, 0.1) is 0 Å². The van der Waals surface area contributed by atoms with Crippen LogP contribution in [0.4, 0.5) is 13.2 Å². The van der Waals surface area contributed by atoms with E-state index >= 15 is 0 Å². The predicted molar refractivity (Wildman–Crippen MR) is 94.9 cm³/mol. The number of carbonyl (C=O) groups excluding carboxylic acids is 1. The third-order valence-corrected chi connectivity index (χ3v) is 4.12. The average Bonchev–Trinajstić information content (AvgIpc) is 3.10. The summed E-state index contributed by atoms with van der Waals surface area (Å²) in [5.41, 5.74) is 0.457. The number of benzene rings is 1. The molecule has 10 heteroatoms. The van der Waals surface area contributed by atoms with E-state index in [2.05, 4.69) is 20.5 Å². The third-order valence-electron chi connectivity index (χ3n) is 4.12. The first-order chi connectivity index (χ1) is 12.4. The number of nitrogens with one attached hydrogen (secondary N) is 2. The highest BCUT2D eigenvalue weighted by Crippen LogP contribution is 2.26. The Balaban J connectivity index is 0.00000261. The number of para-hydroxylation sites is 1. The lowest BCUT2D eigenvalue weighted by molar-refractivity contribution is -0.274. The van der Waals surface area contributed by atoms with Crippen molar-refractivity contribution in [3.05, 3.63) is 47.8 Å². The molecule has 1 amide bonds. The van der Waals surface area contributed by atoms with Gasteiger partial charge in [-0.3, -0.25) is 9.48 Å². The molecular formula is C17H20ClF3N4O2. The molecule has 148 valence electrons. The lowest BCUT2D eigenvalue weighted by atomic mass is 10.1. The van der Waals surface area contributed by atoms with Gasteiger partial charge in [0.15, 0.2) is 0 Å². The van der Waals surface area contributed by atoms with Crippen LogP contribution >= 0.6 is 12.4 Å². The third kappa shape index (κ3) is 5.86. The van der Waals surface area contributed by atoms with E-state index in [-0.39, 0.29) is 42.0 Å². The number of amides is 1. The summed E-state index contributed by atoms with van der Waals surface area (Å²) in [6, 6.07) is 7.49. The number of alkyl halides is 3. The zero-order valence-corrected chi connectivity index (χ0v) is 15.1. The van der Waals surface area contributed by atoms with E-state index in [1.807, 2.05) is 0 Å². The lowest BCUT2D eigenvalue weighted by Crippen LogP contribution is -2.32. The van der Waals surface area contributed by atoms with Crippen LogP contribution in [0.15, 0.2) is 36.5 Å². The molecule has 1 aromatic carbocycles. The second kappa shape index (κ2) is 9.09. The Hall–Kier alpha value is -2.26. The molecule has 27 heavy (non-hydrogen) atoms. The SMILES string of the molecule is Cl.O=C(NCc1ccccc1OC(F)(F)F)c1ccn(C2CCCNC2)n1. The van der Waals surface area contributed by atoms with E-state index in [0.29, 0.717) is 0 Å². The summed E-state index contributed by atoms with van der Waals surface area (Å²) in [5.74, 6) is -0.784. The zero-order valence-electron chi connectivity index (χ0n) is 14.3. The standard InChI is InChI=1S/C17H19F3N4O2.ClH/c18-17(19,20)26-15-6-2-1-4-12(15)10-22-16(25)14-7-9-24(23-14)13-5-3-8-21-11-13;/h1-2,4,6-7,9,13,21H,3,5,8,10-11H2,(H,22,25);1H. The van der Waals surface area contributed by atoms with Crippen molar-refractivity contribution in [1.82, 2.24) is 20.4 Å². The Kier molecular flexibility index (Phi) is 7.09. The summed E-state index contributed by atoms with van der Waals surface area (Å²) in [4.78, 5) is 12.2. The minimum Gasteiger partial charge on any atom is -0.405 e. The molecule has 0 saturated carbocycles. The van der Waals surface area contributed by atoms with Crippen molar-refractivity contribution in [3.63, 3.8) is 0 Å². The topological polar surface area (TPSA) is 68.2 Å². The summed E-state index contributed by atoms with van der Waals surface area (Å²) >= 11 is 0. The summed E-state index contributed by atoms with van der Waals surface area (Å²) in [6.45, 7) is 1.68. The highest BCUT2D eigenvalue weighted by atomic mass is 35.5. The predicted octanol–water partition coefficient (Wildman–Crippen LogP) is 3.06. The Bertz CT molecular complexity index is 761. The molecule has 1 saturated heterocycles. The van der Waals surface area contributed by atoms with E-state index in [0.717, 1.165) is 25.9 Å². The van der Waals surface area contributed by atoms with Crippen molar-refractivity contribution < 1.29 is 22.7 Å². The molecule has 1 unspecified atom stereocenters. The van der Waals surface area contributed by atoms with Crippen molar-refractivity contribution >= 4 is 18.3 Å². The summed E-state index contributed by atoms with van der Waals surface area (Å²) < 4.78 is 43.0. The second-order valence-corrected chi connectivity index (χ2v) is 6.02. The van der Waals surface area contributed by atoms with Crippen LogP contribution in [0.5, 0.6) is 5.75 Å². The van der Waals surface area contributed by atoms with Crippen LogP contribution in [-0.4, -0.2) is 35.1 Å². The summed E-state index contributed by atoms with van der Waals surface area (Å²) in [7, 11) is 0. The Morgan fingerprint density at radius 2 is 2.11 bits per heavy atom. The molecule has 0 bridgehead atoms. The minimum atomic E-state index is -4.78. The van der Waals surface area contributed by atoms with Crippen LogP contribution in [0.2, 0.25) is 0 Å². The normalized spacial score (nSPS) is 17.1. The number of carbonyl (C=O) groups is 1. The highest BCUT2D eigenvalue weighted by Gasteiger charge is 2.32. The monoisotopic (exact) mass is 404 g/mol. The second-order valence-electron chi connectivity index (χ2n) is 6.02. The van der Waals surface area contributed by atoms with Gasteiger partial charge in [0.1, 0.15) is 11.4 Å². The van der Waals surface area contributed by atoms with Gasteiger partial charge in [-0.05, 0) is 31.5 Å². The van der Waals surface area contributed by atoms with Gasteiger partial charge in [-0.1, -0.05) is 18.2 Å². The number of halogens is 4. The van der Waals surface area contributed by atoms with E-state index < -0.39 is 12.3 Å². The number of hydrogen-bond acceptors (Lipinski definition) is 4. The Morgan fingerprint density at radius 3 is 2.81 bits per heavy atom. The van der Waals surface area contributed by atoms with Crippen molar-refractivity contribution in [2.45, 2.75) is 31.8 Å². The van der Waals surface area contributed by atoms with Gasteiger partial charge in [-0.2, -0.15) is 5.10 Å². The molecule has 6 nitrogen and oxygen atoms in total. The zero-order chi connectivity index (χ0) is 18.6. The van der Waals surface area contributed by atoms with E-state index in [1.165, 1.54) is 18.2 Å². The van der Waals surface area contributed by atoms with E-state index in [9.17, 15) is 18.0 Å². The maximum atomic E-state index is 12.4. The molecule has 0 spiro atoms. The fraction of sp³-hybridized carbons (Fsp3) is 0.412. The molecule has 1 fully saturated rings. The molecule has 2 N–H and O–H groups in total. The van der Waals surface area contributed by atoms with Crippen molar-refractivity contribution in [3.8, 4) is 5.75 Å². The van der Waals surface area contributed by atoms with Crippen LogP contribution in [0.1, 0.15) is 34.9 Å². The van der Waals surface area contributed by atoms with Crippen molar-refractivity contribution in [2.24, 2.45) is 0 Å². The summed E-state index contributed by atoms with van der Waals surface area (Å²) in [5, 5.41) is 10.1. The first kappa shape index (κ1) is 21.0. The molecule has 0 radical (unpaired) electrons. The van der Waals surface area contributed by atoms with Gasteiger partial charge in [0.25, 0.3) is 5.91 Å². The van der Waals surface area contributed by atoms with Crippen LogP contribution < -0.4 is 15.4 Å². The van der Waals surface area contributed by atoms with Gasteiger partial charge < -0.3 is 15.4 Å². The fourth-order valence-corrected chi connectivity index (χ4v) is 2.86. The number of nitrogens with zero attached hydrogens (tertiary/aromatic N) is 2. The molecule has 1 aliphatic heterocycles. The largest absolute Gasteiger partial charge is 0.573 e. The Labute approximate surface area is 160 Å². The van der Waals surface area contributed by atoms with Gasteiger partial charge in [0.2, 0.25) is 0 Å². The van der Waals surface area contributed by atoms with Gasteiger partial charge in [-0.25, -0.2) is 0 Å². The minimum absolute atomic E-state index is 0. The number of rotatable bonds is 5. The first-order valence-corrected chi connectivity index (χ1v) is 8.30. The number of piperidine rings is 1. The van der Waals surface area contributed by atoms with Crippen LogP contribution in [0.3, 0.4) is 0 Å². The van der Waals surface area contributed by atoms with Crippen LogP contribution in [-0.2, 0) is 6.54 Å².